The Morgan fingerprint density at radius 2 is 1.95 bits per heavy atom. The molecular weight excluding hydrogens is 260 g/mol. The normalized spacial score (nSPS) is 17.7. The maximum Gasteiger partial charge on any atom is 0.173 e. The van der Waals surface area contributed by atoms with Gasteiger partial charge in [0.15, 0.2) is 5.84 Å². The van der Waals surface area contributed by atoms with E-state index < -0.39 is 0 Å². The van der Waals surface area contributed by atoms with E-state index in [0.717, 1.165) is 21.8 Å². The molecule has 19 heavy (non-hydrogen) atoms. The number of hydrogen-bond acceptors (Lipinski definition) is 5. The van der Waals surface area contributed by atoms with Gasteiger partial charge in [0.1, 0.15) is 5.03 Å². The minimum absolute atomic E-state index is 0.119. The first-order chi connectivity index (χ1) is 9.13. The van der Waals surface area contributed by atoms with E-state index in [9.17, 15) is 0 Å². The first kappa shape index (κ1) is 14.1. The van der Waals surface area contributed by atoms with Gasteiger partial charge in [-0.1, -0.05) is 24.4 Å². The third kappa shape index (κ3) is 3.18. The molecule has 1 aromatic heterocycles. The van der Waals surface area contributed by atoms with Crippen molar-refractivity contribution in [3.63, 3.8) is 0 Å². The van der Waals surface area contributed by atoms with Crippen molar-refractivity contribution in [2.45, 2.75) is 56.2 Å². The van der Waals surface area contributed by atoms with Gasteiger partial charge < -0.3 is 10.9 Å². The molecule has 1 saturated carbocycles. The van der Waals surface area contributed by atoms with E-state index in [1.807, 2.05) is 13.8 Å². The van der Waals surface area contributed by atoms with Crippen LogP contribution >= 0.6 is 11.8 Å². The summed E-state index contributed by atoms with van der Waals surface area (Å²) in [6.45, 7) is 3.81. The first-order valence-electron chi connectivity index (χ1n) is 6.62. The van der Waals surface area contributed by atoms with Crippen LogP contribution in [0, 0.1) is 13.8 Å². The molecule has 0 atom stereocenters. The second-order valence-corrected chi connectivity index (χ2v) is 6.24. The number of aryl methyl sites for hydroxylation is 1. The third-order valence-electron chi connectivity index (χ3n) is 3.62. The number of oxime groups is 1. The highest BCUT2D eigenvalue weighted by Crippen LogP contribution is 2.34. The van der Waals surface area contributed by atoms with Gasteiger partial charge in [-0.05, 0) is 32.3 Å². The molecule has 2 rings (SSSR count). The van der Waals surface area contributed by atoms with Crippen LogP contribution in [0.1, 0.15) is 48.9 Å². The number of nitrogens with two attached hydrogens (primary N) is 1. The van der Waals surface area contributed by atoms with Crippen LogP contribution in [0.5, 0.6) is 0 Å². The minimum Gasteiger partial charge on any atom is -0.409 e. The molecule has 6 heteroatoms. The highest BCUT2D eigenvalue weighted by atomic mass is 32.2. The highest BCUT2D eigenvalue weighted by molar-refractivity contribution is 7.99. The fourth-order valence-electron chi connectivity index (χ4n) is 2.36. The van der Waals surface area contributed by atoms with Crippen LogP contribution in [0.2, 0.25) is 0 Å². The van der Waals surface area contributed by atoms with Gasteiger partial charge in [0.05, 0.1) is 11.3 Å². The average molecular weight is 280 g/mol. The molecule has 1 aliphatic carbocycles. The van der Waals surface area contributed by atoms with Gasteiger partial charge in [-0.3, -0.25) is 0 Å². The second kappa shape index (κ2) is 6.23. The van der Waals surface area contributed by atoms with Crippen LogP contribution in [0.4, 0.5) is 0 Å². The fraction of sp³-hybridized carbons (Fsp3) is 0.615. The van der Waals surface area contributed by atoms with Gasteiger partial charge in [0.2, 0.25) is 0 Å². The molecule has 1 fully saturated rings. The quantitative estimate of drug-likeness (QED) is 0.385. The predicted molar refractivity (Wildman–Crippen MR) is 76.7 cm³/mol. The SMILES string of the molecule is Cc1nnc(SC2CCCCC2)c(/C(N)=N/O)c1C. The molecule has 0 amide bonds. The summed E-state index contributed by atoms with van der Waals surface area (Å²) >= 11 is 1.71. The lowest BCUT2D eigenvalue weighted by Gasteiger charge is -2.21. The lowest BCUT2D eigenvalue weighted by Crippen LogP contribution is -2.19. The van der Waals surface area contributed by atoms with Gasteiger partial charge in [-0.2, -0.15) is 5.10 Å². The molecule has 0 bridgehead atoms. The summed E-state index contributed by atoms with van der Waals surface area (Å²) in [4.78, 5) is 0. The van der Waals surface area contributed by atoms with Crippen LogP contribution in [-0.2, 0) is 0 Å². The lowest BCUT2D eigenvalue weighted by molar-refractivity contribution is 0.318. The molecule has 104 valence electrons. The molecule has 0 aliphatic heterocycles. The van der Waals surface area contributed by atoms with E-state index in [2.05, 4.69) is 15.4 Å². The summed E-state index contributed by atoms with van der Waals surface area (Å²) in [7, 11) is 0. The minimum atomic E-state index is 0.119. The summed E-state index contributed by atoms with van der Waals surface area (Å²) in [6, 6.07) is 0. The molecule has 0 radical (unpaired) electrons. The standard InChI is InChI=1S/C13H20N4OS/c1-8-9(2)15-16-13(11(8)12(14)17-18)19-10-6-4-3-5-7-10/h10,18H,3-7H2,1-2H3,(H2,14,17). The van der Waals surface area contributed by atoms with E-state index in [1.54, 1.807) is 11.8 Å². The smallest absolute Gasteiger partial charge is 0.173 e. The molecule has 0 saturated heterocycles. The highest BCUT2D eigenvalue weighted by Gasteiger charge is 2.21. The Hall–Kier alpha value is -1.30. The van der Waals surface area contributed by atoms with Crippen LogP contribution in [0.3, 0.4) is 0 Å². The van der Waals surface area contributed by atoms with E-state index in [0.29, 0.717) is 5.25 Å². The number of hydrogen-bond donors (Lipinski definition) is 2. The van der Waals surface area contributed by atoms with Crippen molar-refractivity contribution in [2.24, 2.45) is 10.9 Å². The Morgan fingerprint density at radius 1 is 1.26 bits per heavy atom. The molecule has 1 heterocycles. The van der Waals surface area contributed by atoms with E-state index in [-0.39, 0.29) is 5.84 Å². The number of amidine groups is 1. The fourth-order valence-corrected chi connectivity index (χ4v) is 3.71. The first-order valence-corrected chi connectivity index (χ1v) is 7.50. The zero-order chi connectivity index (χ0) is 13.8. The summed E-state index contributed by atoms with van der Waals surface area (Å²) < 4.78 is 0. The molecule has 1 aliphatic rings. The molecule has 0 aromatic carbocycles. The largest absolute Gasteiger partial charge is 0.409 e. The van der Waals surface area contributed by atoms with Gasteiger partial charge >= 0.3 is 0 Å². The van der Waals surface area contributed by atoms with E-state index in [4.69, 9.17) is 10.9 Å². The van der Waals surface area contributed by atoms with Crippen molar-refractivity contribution in [3.05, 3.63) is 16.8 Å². The Bertz CT molecular complexity index is 484. The number of aromatic nitrogens is 2. The lowest BCUT2D eigenvalue weighted by atomic mass is 10.0. The topological polar surface area (TPSA) is 84.4 Å². The Labute approximate surface area is 117 Å². The van der Waals surface area contributed by atoms with Crippen LogP contribution in [0.25, 0.3) is 0 Å². The van der Waals surface area contributed by atoms with Crippen molar-refractivity contribution in [2.75, 3.05) is 0 Å². The zero-order valence-electron chi connectivity index (χ0n) is 11.4. The maximum atomic E-state index is 8.94. The van der Waals surface area contributed by atoms with Gasteiger partial charge in [-0.15, -0.1) is 16.9 Å². The summed E-state index contributed by atoms with van der Waals surface area (Å²) in [5, 5.41) is 21.8. The molecule has 3 N–H and O–H groups in total. The van der Waals surface area contributed by atoms with Crippen LogP contribution < -0.4 is 5.73 Å². The van der Waals surface area contributed by atoms with Crippen molar-refractivity contribution >= 4 is 17.6 Å². The van der Waals surface area contributed by atoms with Crippen molar-refractivity contribution in [1.82, 2.24) is 10.2 Å². The average Bonchev–Trinajstić information content (AvgIpc) is 2.44. The molecule has 0 spiro atoms. The Balaban J connectivity index is 2.31. The summed E-state index contributed by atoms with van der Waals surface area (Å²) in [5.41, 5.74) is 8.26. The molecule has 0 unspecified atom stereocenters. The number of rotatable bonds is 3. The third-order valence-corrected chi connectivity index (χ3v) is 4.93. The van der Waals surface area contributed by atoms with Gasteiger partial charge in [0, 0.05) is 5.25 Å². The molecular formula is C13H20N4OS. The summed E-state index contributed by atoms with van der Waals surface area (Å²) in [5.74, 6) is 0.119. The zero-order valence-corrected chi connectivity index (χ0v) is 12.2. The van der Waals surface area contributed by atoms with E-state index >= 15 is 0 Å². The Kier molecular flexibility index (Phi) is 4.63. The van der Waals surface area contributed by atoms with Gasteiger partial charge in [0.25, 0.3) is 0 Å². The maximum absolute atomic E-state index is 8.94. The number of nitrogens with zero attached hydrogens (tertiary/aromatic N) is 3. The van der Waals surface area contributed by atoms with Crippen LogP contribution in [-0.4, -0.2) is 26.5 Å². The van der Waals surface area contributed by atoms with Crippen LogP contribution in [0.15, 0.2) is 10.2 Å². The monoisotopic (exact) mass is 280 g/mol. The predicted octanol–water partition coefficient (Wildman–Crippen LogP) is 2.61. The second-order valence-electron chi connectivity index (χ2n) is 4.95. The molecule has 1 aromatic rings. The van der Waals surface area contributed by atoms with Gasteiger partial charge in [-0.25, -0.2) is 0 Å². The molecule has 5 nitrogen and oxygen atoms in total. The van der Waals surface area contributed by atoms with E-state index in [1.165, 1.54) is 32.1 Å². The van der Waals surface area contributed by atoms with Crippen molar-refractivity contribution < 1.29 is 5.21 Å². The number of thioether (sulfide) groups is 1. The Morgan fingerprint density at radius 3 is 2.58 bits per heavy atom. The van der Waals surface area contributed by atoms with Crippen molar-refractivity contribution in [3.8, 4) is 0 Å². The van der Waals surface area contributed by atoms with Crippen molar-refractivity contribution in [1.29, 1.82) is 0 Å². The summed E-state index contributed by atoms with van der Waals surface area (Å²) in [6.07, 6.45) is 6.27.